The number of sulfone groups is 1. The predicted molar refractivity (Wildman–Crippen MR) is 89.7 cm³/mol. The van der Waals surface area contributed by atoms with Crippen molar-refractivity contribution in [2.24, 2.45) is 0 Å². The van der Waals surface area contributed by atoms with Crippen LogP contribution in [0.5, 0.6) is 0 Å². The predicted octanol–water partition coefficient (Wildman–Crippen LogP) is 3.47. The molecule has 1 atom stereocenters. The van der Waals surface area contributed by atoms with Gasteiger partial charge in [0, 0.05) is 5.02 Å². The molecule has 3 nitrogen and oxygen atoms in total. The Kier molecular flexibility index (Phi) is 4.95. The maximum absolute atomic E-state index is 12.4. The zero-order valence-electron chi connectivity index (χ0n) is 12.6. The second kappa shape index (κ2) is 6.41. The molecule has 118 valence electrons. The van der Waals surface area contributed by atoms with Gasteiger partial charge in [-0.15, -0.1) is 0 Å². The van der Waals surface area contributed by atoms with Crippen molar-refractivity contribution in [2.75, 3.05) is 5.75 Å². The van der Waals surface area contributed by atoms with E-state index in [1.165, 1.54) is 6.92 Å². The van der Waals surface area contributed by atoms with Crippen molar-refractivity contribution in [2.45, 2.75) is 25.2 Å². The van der Waals surface area contributed by atoms with Gasteiger partial charge >= 0.3 is 0 Å². The molecular weight excluding hydrogens is 320 g/mol. The van der Waals surface area contributed by atoms with Crippen molar-refractivity contribution in [1.29, 1.82) is 0 Å². The van der Waals surface area contributed by atoms with Crippen LogP contribution < -0.4 is 0 Å². The number of halogens is 1. The van der Waals surface area contributed by atoms with Gasteiger partial charge in [-0.2, -0.15) is 0 Å². The highest BCUT2D eigenvalue weighted by molar-refractivity contribution is 7.90. The largest absolute Gasteiger partial charge is 0.384 e. The summed E-state index contributed by atoms with van der Waals surface area (Å²) in [6, 6.07) is 13.9. The third-order valence-corrected chi connectivity index (χ3v) is 5.50. The fraction of sp³-hybridized carbons (Fsp3) is 0.294. The van der Waals surface area contributed by atoms with Gasteiger partial charge in [-0.1, -0.05) is 53.6 Å². The van der Waals surface area contributed by atoms with Gasteiger partial charge in [0.2, 0.25) is 0 Å². The Morgan fingerprint density at radius 3 is 2.14 bits per heavy atom. The summed E-state index contributed by atoms with van der Waals surface area (Å²) < 4.78 is 24.7. The minimum Gasteiger partial charge on any atom is -0.384 e. The summed E-state index contributed by atoms with van der Waals surface area (Å²) in [5, 5.41) is 11.1. The first-order valence-corrected chi connectivity index (χ1v) is 9.12. The van der Waals surface area contributed by atoms with Gasteiger partial charge in [-0.05, 0) is 37.1 Å². The maximum Gasteiger partial charge on any atom is 0.157 e. The molecule has 2 rings (SSSR count). The quantitative estimate of drug-likeness (QED) is 0.908. The number of aryl methyl sites for hydroxylation is 1. The lowest BCUT2D eigenvalue weighted by Gasteiger charge is -2.23. The van der Waals surface area contributed by atoms with E-state index in [2.05, 4.69) is 0 Å². The fourth-order valence-corrected chi connectivity index (χ4v) is 4.26. The van der Waals surface area contributed by atoms with Crippen molar-refractivity contribution in [1.82, 2.24) is 0 Å². The highest BCUT2D eigenvalue weighted by Crippen LogP contribution is 2.25. The molecule has 0 spiro atoms. The molecule has 0 unspecified atom stereocenters. The molecule has 0 aromatic heterocycles. The summed E-state index contributed by atoms with van der Waals surface area (Å²) in [5.41, 5.74) is 0.880. The average Bonchev–Trinajstić information content (AvgIpc) is 2.40. The summed E-state index contributed by atoms with van der Waals surface area (Å²) in [4.78, 5) is 0. The van der Waals surface area contributed by atoms with E-state index in [0.717, 1.165) is 11.1 Å². The lowest BCUT2D eigenvalue weighted by atomic mass is 9.98. The Balaban J connectivity index is 2.16. The zero-order chi connectivity index (χ0) is 16.4. The topological polar surface area (TPSA) is 54.4 Å². The van der Waals surface area contributed by atoms with Crippen molar-refractivity contribution in [3.05, 3.63) is 70.2 Å². The molecule has 0 amide bonds. The summed E-state index contributed by atoms with van der Waals surface area (Å²) >= 11 is 5.82. The van der Waals surface area contributed by atoms with E-state index >= 15 is 0 Å². The molecule has 22 heavy (non-hydrogen) atoms. The van der Waals surface area contributed by atoms with Crippen LogP contribution in [0.1, 0.15) is 23.6 Å². The standard InChI is InChI=1S/C17H19ClO3S/c1-13-3-5-14(6-4-13)11-22(20,21)12-17(2,19)15-7-9-16(18)10-8-15/h3-10,19H,11-12H2,1-2H3/t17-/m1/s1. The minimum atomic E-state index is -3.45. The second-order valence-electron chi connectivity index (χ2n) is 5.80. The van der Waals surface area contributed by atoms with E-state index in [1.54, 1.807) is 36.4 Å². The number of hydrogen-bond donors (Lipinski definition) is 1. The molecule has 1 N–H and O–H groups in total. The zero-order valence-corrected chi connectivity index (χ0v) is 14.2. The van der Waals surface area contributed by atoms with E-state index in [4.69, 9.17) is 11.6 Å². The molecule has 0 aliphatic heterocycles. The van der Waals surface area contributed by atoms with Crippen molar-refractivity contribution >= 4 is 21.4 Å². The summed E-state index contributed by atoms with van der Waals surface area (Å²) in [7, 11) is -3.45. The molecule has 0 heterocycles. The molecule has 0 saturated carbocycles. The molecule has 0 radical (unpaired) electrons. The first kappa shape index (κ1) is 17.0. The third-order valence-electron chi connectivity index (χ3n) is 3.47. The lowest BCUT2D eigenvalue weighted by Crippen LogP contribution is -2.31. The van der Waals surface area contributed by atoms with Crippen LogP contribution >= 0.6 is 11.6 Å². The first-order chi connectivity index (χ1) is 10.2. The molecule has 0 aliphatic carbocycles. The molecular formula is C17H19ClO3S. The van der Waals surface area contributed by atoms with Gasteiger partial charge in [0.05, 0.1) is 11.5 Å². The Labute approximate surface area is 136 Å². The van der Waals surface area contributed by atoms with Crippen LogP contribution in [0.25, 0.3) is 0 Å². The normalized spacial score (nSPS) is 14.5. The Bertz CT molecular complexity index is 732. The molecule has 0 bridgehead atoms. The Morgan fingerprint density at radius 1 is 1.05 bits per heavy atom. The average molecular weight is 339 g/mol. The number of benzene rings is 2. The molecule has 0 aliphatic rings. The van der Waals surface area contributed by atoms with Gasteiger partial charge in [0.25, 0.3) is 0 Å². The smallest absolute Gasteiger partial charge is 0.157 e. The third kappa shape index (κ3) is 4.57. The minimum absolute atomic E-state index is 0.0863. The van der Waals surface area contributed by atoms with Crippen molar-refractivity contribution in [3.8, 4) is 0 Å². The highest BCUT2D eigenvalue weighted by Gasteiger charge is 2.30. The van der Waals surface area contributed by atoms with Gasteiger partial charge in [0.1, 0.15) is 5.60 Å². The van der Waals surface area contributed by atoms with Gasteiger partial charge in [0.15, 0.2) is 9.84 Å². The van der Waals surface area contributed by atoms with Crippen LogP contribution in [-0.2, 0) is 21.2 Å². The molecule has 5 heteroatoms. The van der Waals surface area contributed by atoms with Gasteiger partial charge < -0.3 is 5.11 Å². The molecule has 0 saturated heterocycles. The van der Waals surface area contributed by atoms with Crippen LogP contribution in [0.3, 0.4) is 0 Å². The highest BCUT2D eigenvalue weighted by atomic mass is 35.5. The number of hydrogen-bond acceptors (Lipinski definition) is 3. The van der Waals surface area contributed by atoms with Crippen LogP contribution in [0.4, 0.5) is 0 Å². The number of rotatable bonds is 5. The summed E-state index contributed by atoms with van der Waals surface area (Å²) in [6.45, 7) is 3.45. The van der Waals surface area contributed by atoms with Crippen LogP contribution in [0.15, 0.2) is 48.5 Å². The molecule has 0 fully saturated rings. The molecule has 2 aromatic rings. The summed E-state index contributed by atoms with van der Waals surface area (Å²) in [6.07, 6.45) is 0. The van der Waals surface area contributed by atoms with E-state index in [1.807, 2.05) is 19.1 Å². The van der Waals surface area contributed by atoms with E-state index in [0.29, 0.717) is 10.6 Å². The second-order valence-corrected chi connectivity index (χ2v) is 8.30. The lowest BCUT2D eigenvalue weighted by molar-refractivity contribution is 0.0819. The van der Waals surface area contributed by atoms with E-state index < -0.39 is 15.4 Å². The summed E-state index contributed by atoms with van der Waals surface area (Å²) in [5.74, 6) is -0.424. The van der Waals surface area contributed by atoms with Crippen LogP contribution in [-0.4, -0.2) is 19.3 Å². The van der Waals surface area contributed by atoms with Crippen LogP contribution in [0, 0.1) is 6.92 Å². The SMILES string of the molecule is Cc1ccc(CS(=O)(=O)C[C@@](C)(O)c2ccc(Cl)cc2)cc1. The monoisotopic (exact) mass is 338 g/mol. The fourth-order valence-electron chi connectivity index (χ4n) is 2.31. The van der Waals surface area contributed by atoms with Gasteiger partial charge in [-0.25, -0.2) is 8.42 Å². The van der Waals surface area contributed by atoms with Crippen LogP contribution in [0.2, 0.25) is 5.02 Å². The Morgan fingerprint density at radius 2 is 1.59 bits per heavy atom. The van der Waals surface area contributed by atoms with Crippen molar-refractivity contribution in [3.63, 3.8) is 0 Å². The van der Waals surface area contributed by atoms with E-state index in [9.17, 15) is 13.5 Å². The number of aliphatic hydroxyl groups is 1. The van der Waals surface area contributed by atoms with Crippen molar-refractivity contribution < 1.29 is 13.5 Å². The Hall–Kier alpha value is -1.36. The van der Waals surface area contributed by atoms with E-state index in [-0.39, 0.29) is 11.5 Å². The first-order valence-electron chi connectivity index (χ1n) is 6.92. The van der Waals surface area contributed by atoms with Gasteiger partial charge in [-0.3, -0.25) is 0 Å². The molecule has 2 aromatic carbocycles. The maximum atomic E-state index is 12.4.